The van der Waals surface area contributed by atoms with Crippen molar-refractivity contribution in [2.75, 3.05) is 20.2 Å². The molecule has 2 rings (SSSR count). The first-order valence-corrected chi connectivity index (χ1v) is 6.48. The summed E-state index contributed by atoms with van der Waals surface area (Å²) in [5.74, 6) is 0.389. The molecule has 1 unspecified atom stereocenters. The number of hydrogen-bond acceptors (Lipinski definition) is 7. The molecule has 5 atom stereocenters. The normalized spacial score (nSPS) is 39.7. The quantitative estimate of drug-likeness (QED) is 0.291. The van der Waals surface area contributed by atoms with Crippen LogP contribution in [0.2, 0.25) is 0 Å². The molecule has 0 aromatic heterocycles. The van der Waals surface area contributed by atoms with E-state index in [4.69, 9.17) is 10.3 Å². The number of rotatable bonds is 4. The van der Waals surface area contributed by atoms with Gasteiger partial charge in [-0.1, -0.05) is 5.11 Å². The Kier molecular flexibility index (Phi) is 4.84. The molecule has 0 amide bonds. The lowest BCUT2D eigenvalue weighted by Crippen LogP contribution is -2.54. The summed E-state index contributed by atoms with van der Waals surface area (Å²) < 4.78 is 19.8. The summed E-state index contributed by atoms with van der Waals surface area (Å²) in [6.07, 6.45) is -3.49. The zero-order chi connectivity index (χ0) is 16.3. The van der Waals surface area contributed by atoms with E-state index in [9.17, 15) is 19.7 Å². The number of ether oxygens (including phenoxy) is 1. The van der Waals surface area contributed by atoms with Crippen LogP contribution >= 0.6 is 0 Å². The van der Waals surface area contributed by atoms with Gasteiger partial charge in [0.05, 0.1) is 13.2 Å². The number of aliphatic hydroxyl groups is 3. The molecule has 4 N–H and O–H groups in total. The first kappa shape index (κ1) is 16.5. The number of halogens is 1. The summed E-state index contributed by atoms with van der Waals surface area (Å²) in [5.41, 5.74) is 6.60. The highest BCUT2D eigenvalue weighted by Gasteiger charge is 2.57. The zero-order valence-corrected chi connectivity index (χ0v) is 11.7. The first-order valence-electron chi connectivity index (χ1n) is 6.48. The SMILES string of the molecule is CN=C1C=CN([C@@H]2O[C@@](CO)(CN=[N+]=[N-])[C@@H](O)[C@H]2F)C(O)N1. The molecule has 0 bridgehead atoms. The van der Waals surface area contributed by atoms with Crippen LogP contribution in [0.15, 0.2) is 22.4 Å². The third-order valence-electron chi connectivity index (χ3n) is 3.64. The first-order chi connectivity index (χ1) is 10.5. The van der Waals surface area contributed by atoms with E-state index < -0.39 is 43.6 Å². The fourth-order valence-corrected chi connectivity index (χ4v) is 2.37. The number of hydrogen-bond donors (Lipinski definition) is 4. The number of azide groups is 1. The highest BCUT2D eigenvalue weighted by molar-refractivity contribution is 5.93. The fraction of sp³-hybridized carbons (Fsp3) is 0.727. The molecule has 0 radical (unpaired) electrons. The Morgan fingerprint density at radius 2 is 2.32 bits per heavy atom. The van der Waals surface area contributed by atoms with Gasteiger partial charge in [-0.05, 0) is 11.6 Å². The molecule has 10 nitrogen and oxygen atoms in total. The molecule has 2 heterocycles. The van der Waals surface area contributed by atoms with Gasteiger partial charge in [0.1, 0.15) is 17.5 Å². The van der Waals surface area contributed by atoms with Crippen molar-refractivity contribution in [2.45, 2.75) is 30.5 Å². The summed E-state index contributed by atoms with van der Waals surface area (Å²) in [6.45, 7) is -1.19. The molecular formula is C11H17FN6O4. The third-order valence-corrected chi connectivity index (χ3v) is 3.64. The lowest BCUT2D eigenvalue weighted by molar-refractivity contribution is -0.163. The standard InChI is InChI=1S/C11H17FN6O4/c1-14-6-2-3-18(10(21)16-6)9-7(12)8(20)11(5-19,22-9)4-15-17-13/h2-3,7-10,19-21H,4-5H2,1H3,(H,14,16)/t7-,8+,9-,10?,11-/m1/s1. The number of amidine groups is 1. The second kappa shape index (κ2) is 6.46. The van der Waals surface area contributed by atoms with Crippen molar-refractivity contribution >= 4 is 5.84 Å². The monoisotopic (exact) mass is 316 g/mol. The Balaban J connectivity index is 2.24. The minimum Gasteiger partial charge on any atom is -0.393 e. The van der Waals surface area contributed by atoms with Gasteiger partial charge in [-0.25, -0.2) is 4.39 Å². The average Bonchev–Trinajstić information content (AvgIpc) is 2.78. The summed E-state index contributed by atoms with van der Waals surface area (Å²) in [7, 11) is 1.51. The summed E-state index contributed by atoms with van der Waals surface area (Å²) in [6, 6.07) is 0. The molecule has 2 aliphatic rings. The Hall–Kier alpha value is -1.91. The van der Waals surface area contributed by atoms with Crippen LogP contribution in [-0.2, 0) is 4.74 Å². The number of alkyl halides is 1. The lowest BCUT2D eigenvalue weighted by atomic mass is 9.97. The Labute approximate surface area is 125 Å². The number of nitrogens with one attached hydrogen (secondary N) is 1. The van der Waals surface area contributed by atoms with Gasteiger partial charge in [0.25, 0.3) is 0 Å². The van der Waals surface area contributed by atoms with E-state index in [1.165, 1.54) is 19.3 Å². The van der Waals surface area contributed by atoms with E-state index >= 15 is 0 Å². The second-order valence-corrected chi connectivity index (χ2v) is 4.90. The van der Waals surface area contributed by atoms with Crippen LogP contribution in [0, 0.1) is 0 Å². The molecule has 2 aliphatic heterocycles. The van der Waals surface area contributed by atoms with Gasteiger partial charge in [0, 0.05) is 18.2 Å². The number of aliphatic imine (C=N–C) groups is 1. The molecule has 122 valence electrons. The van der Waals surface area contributed by atoms with Crippen LogP contribution in [-0.4, -0.2) is 76.7 Å². The predicted octanol–water partition coefficient (Wildman–Crippen LogP) is -1.19. The summed E-state index contributed by atoms with van der Waals surface area (Å²) in [4.78, 5) is 7.44. The maximum Gasteiger partial charge on any atom is 0.208 e. The van der Waals surface area contributed by atoms with Gasteiger partial charge in [0.2, 0.25) is 6.35 Å². The van der Waals surface area contributed by atoms with Gasteiger partial charge in [0.15, 0.2) is 12.4 Å². The Bertz CT molecular complexity index is 525. The zero-order valence-electron chi connectivity index (χ0n) is 11.7. The van der Waals surface area contributed by atoms with Crippen LogP contribution < -0.4 is 5.32 Å². The van der Waals surface area contributed by atoms with E-state index in [0.717, 1.165) is 4.90 Å². The van der Waals surface area contributed by atoms with Crippen molar-refractivity contribution in [2.24, 2.45) is 10.1 Å². The van der Waals surface area contributed by atoms with E-state index in [1.54, 1.807) is 0 Å². The van der Waals surface area contributed by atoms with Crippen molar-refractivity contribution < 1.29 is 24.4 Å². The Morgan fingerprint density at radius 3 is 2.86 bits per heavy atom. The molecule has 11 heteroatoms. The molecule has 0 aromatic carbocycles. The van der Waals surface area contributed by atoms with Crippen molar-refractivity contribution in [3.8, 4) is 0 Å². The Morgan fingerprint density at radius 1 is 1.59 bits per heavy atom. The number of nitrogens with zero attached hydrogens (tertiary/aromatic N) is 5. The third kappa shape index (κ3) is 2.72. The topological polar surface area (TPSA) is 146 Å². The molecule has 0 aliphatic carbocycles. The van der Waals surface area contributed by atoms with Crippen LogP contribution in [0.25, 0.3) is 10.4 Å². The van der Waals surface area contributed by atoms with Gasteiger partial charge < -0.3 is 30.3 Å². The van der Waals surface area contributed by atoms with Crippen LogP contribution in [0.3, 0.4) is 0 Å². The molecule has 0 saturated carbocycles. The highest BCUT2D eigenvalue weighted by atomic mass is 19.1. The van der Waals surface area contributed by atoms with Gasteiger partial charge >= 0.3 is 0 Å². The molecule has 22 heavy (non-hydrogen) atoms. The molecular weight excluding hydrogens is 299 g/mol. The largest absolute Gasteiger partial charge is 0.393 e. The number of aliphatic hydroxyl groups excluding tert-OH is 3. The van der Waals surface area contributed by atoms with Crippen LogP contribution in [0.1, 0.15) is 0 Å². The van der Waals surface area contributed by atoms with Crippen molar-refractivity contribution in [3.63, 3.8) is 0 Å². The smallest absolute Gasteiger partial charge is 0.208 e. The summed E-state index contributed by atoms with van der Waals surface area (Å²) in [5, 5.41) is 35.2. The summed E-state index contributed by atoms with van der Waals surface area (Å²) >= 11 is 0. The maximum atomic E-state index is 14.4. The van der Waals surface area contributed by atoms with E-state index in [1.807, 2.05) is 0 Å². The van der Waals surface area contributed by atoms with E-state index in [2.05, 4.69) is 20.3 Å². The molecule has 1 saturated heterocycles. The molecule has 0 spiro atoms. The van der Waals surface area contributed by atoms with E-state index in [-0.39, 0.29) is 0 Å². The van der Waals surface area contributed by atoms with Crippen molar-refractivity contribution in [1.82, 2.24) is 10.2 Å². The molecule has 0 aromatic rings. The minimum absolute atomic E-state index is 0.389. The van der Waals surface area contributed by atoms with Crippen molar-refractivity contribution in [3.05, 3.63) is 22.7 Å². The predicted molar refractivity (Wildman–Crippen MR) is 73.1 cm³/mol. The second-order valence-electron chi connectivity index (χ2n) is 4.90. The fourth-order valence-electron chi connectivity index (χ4n) is 2.37. The lowest BCUT2D eigenvalue weighted by Gasteiger charge is -2.36. The van der Waals surface area contributed by atoms with Crippen LogP contribution in [0.5, 0.6) is 0 Å². The van der Waals surface area contributed by atoms with Crippen molar-refractivity contribution in [1.29, 1.82) is 0 Å². The van der Waals surface area contributed by atoms with E-state index in [0.29, 0.717) is 5.84 Å². The molecule has 1 fully saturated rings. The van der Waals surface area contributed by atoms with Gasteiger partial charge in [-0.3, -0.25) is 4.99 Å². The minimum atomic E-state index is -1.93. The highest BCUT2D eigenvalue weighted by Crippen LogP contribution is 2.36. The van der Waals surface area contributed by atoms with Gasteiger partial charge in [-0.2, -0.15) is 0 Å². The average molecular weight is 316 g/mol. The van der Waals surface area contributed by atoms with Crippen LogP contribution in [0.4, 0.5) is 4.39 Å². The van der Waals surface area contributed by atoms with Gasteiger partial charge in [-0.15, -0.1) is 0 Å². The maximum absolute atomic E-state index is 14.4.